The van der Waals surface area contributed by atoms with E-state index >= 15 is 0 Å². The Labute approximate surface area is 122 Å². The molecule has 0 aliphatic heterocycles. The standard InChI is InChI=1S/C15H17FN4O/c1-20-9-8-17-14(20)13(10-2-4-11(16)5-3-10)19-15(21)18-12-6-7-12/h2-5,8-9,12-13H,6-7H2,1H3,(H2,18,19,21). The molecule has 0 saturated heterocycles. The second kappa shape index (κ2) is 5.55. The number of hydrogen-bond donors (Lipinski definition) is 2. The topological polar surface area (TPSA) is 59.0 Å². The van der Waals surface area contributed by atoms with E-state index in [1.54, 1.807) is 18.3 Å². The highest BCUT2D eigenvalue weighted by molar-refractivity contribution is 5.75. The van der Waals surface area contributed by atoms with E-state index in [0.29, 0.717) is 5.82 Å². The van der Waals surface area contributed by atoms with Gasteiger partial charge >= 0.3 is 6.03 Å². The number of amides is 2. The molecule has 1 aromatic carbocycles. The molecule has 1 fully saturated rings. The molecule has 5 nitrogen and oxygen atoms in total. The lowest BCUT2D eigenvalue weighted by atomic mass is 10.1. The zero-order chi connectivity index (χ0) is 14.8. The highest BCUT2D eigenvalue weighted by atomic mass is 19.1. The molecule has 110 valence electrons. The van der Waals surface area contributed by atoms with Crippen LogP contribution in [0.15, 0.2) is 36.7 Å². The Morgan fingerprint density at radius 2 is 2.10 bits per heavy atom. The molecular weight excluding hydrogens is 271 g/mol. The fraction of sp³-hybridized carbons (Fsp3) is 0.333. The van der Waals surface area contributed by atoms with Crippen molar-refractivity contribution in [3.8, 4) is 0 Å². The third-order valence-corrected chi connectivity index (χ3v) is 3.51. The van der Waals surface area contributed by atoms with Crippen LogP contribution in [-0.4, -0.2) is 21.6 Å². The summed E-state index contributed by atoms with van der Waals surface area (Å²) in [5.74, 6) is 0.396. The predicted molar refractivity (Wildman–Crippen MR) is 76.1 cm³/mol. The number of nitrogens with one attached hydrogen (secondary N) is 2. The van der Waals surface area contributed by atoms with Crippen molar-refractivity contribution >= 4 is 6.03 Å². The Balaban J connectivity index is 1.85. The van der Waals surface area contributed by atoms with Crippen LogP contribution in [0, 0.1) is 5.82 Å². The van der Waals surface area contributed by atoms with Gasteiger partial charge in [-0.3, -0.25) is 0 Å². The lowest BCUT2D eigenvalue weighted by molar-refractivity contribution is 0.237. The van der Waals surface area contributed by atoms with Gasteiger partial charge in [0.15, 0.2) is 0 Å². The largest absolute Gasteiger partial charge is 0.336 e. The summed E-state index contributed by atoms with van der Waals surface area (Å²) in [5, 5.41) is 5.80. The summed E-state index contributed by atoms with van der Waals surface area (Å²) >= 11 is 0. The summed E-state index contributed by atoms with van der Waals surface area (Å²) in [4.78, 5) is 16.3. The molecule has 0 radical (unpaired) electrons. The van der Waals surface area contributed by atoms with Crippen molar-refractivity contribution in [3.63, 3.8) is 0 Å². The fourth-order valence-corrected chi connectivity index (χ4v) is 2.19. The van der Waals surface area contributed by atoms with E-state index in [9.17, 15) is 9.18 Å². The van der Waals surface area contributed by atoms with Gasteiger partial charge in [-0.25, -0.2) is 14.2 Å². The van der Waals surface area contributed by atoms with E-state index < -0.39 is 6.04 Å². The maximum Gasteiger partial charge on any atom is 0.315 e. The van der Waals surface area contributed by atoms with Gasteiger partial charge in [-0.15, -0.1) is 0 Å². The Morgan fingerprint density at radius 3 is 2.67 bits per heavy atom. The smallest absolute Gasteiger partial charge is 0.315 e. The number of aryl methyl sites for hydroxylation is 1. The molecule has 1 unspecified atom stereocenters. The van der Waals surface area contributed by atoms with Gasteiger partial charge in [-0.05, 0) is 30.5 Å². The van der Waals surface area contributed by atoms with Crippen LogP contribution < -0.4 is 10.6 Å². The molecule has 2 aromatic rings. The predicted octanol–water partition coefficient (Wildman–Crippen LogP) is 2.11. The number of hydrogen-bond acceptors (Lipinski definition) is 2. The molecule has 21 heavy (non-hydrogen) atoms. The monoisotopic (exact) mass is 288 g/mol. The average Bonchev–Trinajstić information content (AvgIpc) is 3.17. The van der Waals surface area contributed by atoms with Crippen molar-refractivity contribution in [2.45, 2.75) is 24.9 Å². The Morgan fingerprint density at radius 1 is 1.38 bits per heavy atom. The molecule has 0 bridgehead atoms. The van der Waals surface area contributed by atoms with E-state index in [4.69, 9.17) is 0 Å². The zero-order valence-electron chi connectivity index (χ0n) is 11.7. The van der Waals surface area contributed by atoms with Gasteiger partial charge in [-0.1, -0.05) is 12.1 Å². The molecular formula is C15H17FN4O. The maximum absolute atomic E-state index is 13.1. The second-order valence-corrected chi connectivity index (χ2v) is 5.27. The highest BCUT2D eigenvalue weighted by Crippen LogP contribution is 2.22. The number of benzene rings is 1. The Bertz CT molecular complexity index is 633. The fourth-order valence-electron chi connectivity index (χ4n) is 2.19. The number of imidazole rings is 1. The van der Waals surface area contributed by atoms with Gasteiger partial charge in [-0.2, -0.15) is 0 Å². The summed E-state index contributed by atoms with van der Waals surface area (Å²) < 4.78 is 14.9. The van der Waals surface area contributed by atoms with Crippen molar-refractivity contribution in [2.75, 3.05) is 0 Å². The molecule has 6 heteroatoms. The zero-order valence-corrected chi connectivity index (χ0v) is 11.7. The van der Waals surface area contributed by atoms with Crippen molar-refractivity contribution in [1.29, 1.82) is 0 Å². The number of halogens is 1. The lowest BCUT2D eigenvalue weighted by Gasteiger charge is -2.19. The van der Waals surface area contributed by atoms with Crippen LogP contribution in [0.1, 0.15) is 30.3 Å². The number of nitrogens with zero attached hydrogens (tertiary/aromatic N) is 2. The van der Waals surface area contributed by atoms with Crippen LogP contribution >= 0.6 is 0 Å². The number of urea groups is 1. The molecule has 3 rings (SSSR count). The van der Waals surface area contributed by atoms with Crippen LogP contribution in [0.25, 0.3) is 0 Å². The SMILES string of the molecule is Cn1ccnc1C(NC(=O)NC1CC1)c1ccc(F)cc1. The van der Waals surface area contributed by atoms with Gasteiger partial charge in [0.1, 0.15) is 17.7 Å². The first-order chi connectivity index (χ1) is 10.1. The summed E-state index contributed by atoms with van der Waals surface area (Å²) in [7, 11) is 1.86. The van der Waals surface area contributed by atoms with E-state index in [0.717, 1.165) is 18.4 Å². The Kier molecular flexibility index (Phi) is 3.60. The van der Waals surface area contributed by atoms with E-state index in [1.807, 2.05) is 17.8 Å². The molecule has 1 aliphatic rings. The van der Waals surface area contributed by atoms with Gasteiger partial charge in [0, 0.05) is 25.5 Å². The minimum absolute atomic E-state index is 0.227. The molecule has 2 N–H and O–H groups in total. The molecule has 1 heterocycles. The van der Waals surface area contributed by atoms with Gasteiger partial charge in [0.2, 0.25) is 0 Å². The van der Waals surface area contributed by atoms with Crippen LogP contribution in [-0.2, 0) is 7.05 Å². The summed E-state index contributed by atoms with van der Waals surface area (Å²) in [6.07, 6.45) is 5.53. The van der Waals surface area contributed by atoms with Crippen LogP contribution in [0.4, 0.5) is 9.18 Å². The minimum Gasteiger partial charge on any atom is -0.336 e. The van der Waals surface area contributed by atoms with Gasteiger partial charge in [0.25, 0.3) is 0 Å². The van der Waals surface area contributed by atoms with E-state index in [-0.39, 0.29) is 17.9 Å². The highest BCUT2D eigenvalue weighted by Gasteiger charge is 2.26. The van der Waals surface area contributed by atoms with Crippen LogP contribution in [0.2, 0.25) is 0 Å². The molecule has 1 atom stereocenters. The minimum atomic E-state index is -0.413. The van der Waals surface area contributed by atoms with Crippen molar-refractivity contribution in [2.24, 2.45) is 7.05 Å². The summed E-state index contributed by atoms with van der Waals surface area (Å²) in [6, 6.07) is 5.72. The first-order valence-electron chi connectivity index (χ1n) is 6.93. The first-order valence-corrected chi connectivity index (χ1v) is 6.93. The number of rotatable bonds is 4. The third kappa shape index (κ3) is 3.21. The van der Waals surface area contributed by atoms with Gasteiger partial charge in [0.05, 0.1) is 0 Å². The number of carbonyl (C=O) groups is 1. The maximum atomic E-state index is 13.1. The van der Waals surface area contributed by atoms with Crippen LogP contribution in [0.3, 0.4) is 0 Å². The molecule has 2 amide bonds. The summed E-state index contributed by atoms with van der Waals surface area (Å²) in [6.45, 7) is 0. The molecule has 1 saturated carbocycles. The van der Waals surface area contributed by atoms with E-state index in [1.165, 1.54) is 12.1 Å². The average molecular weight is 288 g/mol. The normalized spacial score (nSPS) is 15.5. The summed E-state index contributed by atoms with van der Waals surface area (Å²) in [5.41, 5.74) is 0.789. The Hall–Kier alpha value is -2.37. The number of aromatic nitrogens is 2. The molecule has 0 spiro atoms. The second-order valence-electron chi connectivity index (χ2n) is 5.27. The van der Waals surface area contributed by atoms with E-state index in [2.05, 4.69) is 15.6 Å². The quantitative estimate of drug-likeness (QED) is 0.905. The lowest BCUT2D eigenvalue weighted by Crippen LogP contribution is -2.40. The third-order valence-electron chi connectivity index (χ3n) is 3.51. The molecule has 1 aliphatic carbocycles. The number of carbonyl (C=O) groups excluding carboxylic acids is 1. The van der Waals surface area contributed by atoms with Crippen molar-refractivity contribution < 1.29 is 9.18 Å². The van der Waals surface area contributed by atoms with Crippen molar-refractivity contribution in [1.82, 2.24) is 20.2 Å². The first kappa shape index (κ1) is 13.6. The van der Waals surface area contributed by atoms with Gasteiger partial charge < -0.3 is 15.2 Å². The van der Waals surface area contributed by atoms with Crippen molar-refractivity contribution in [3.05, 3.63) is 53.9 Å². The molecule has 1 aromatic heterocycles. The van der Waals surface area contributed by atoms with Crippen LogP contribution in [0.5, 0.6) is 0 Å².